The van der Waals surface area contributed by atoms with E-state index < -0.39 is 17.4 Å². The highest BCUT2D eigenvalue weighted by atomic mass is 19.1. The van der Waals surface area contributed by atoms with E-state index in [2.05, 4.69) is 4.74 Å². The van der Waals surface area contributed by atoms with Crippen LogP contribution in [0.4, 0.5) is 10.1 Å². The Kier molecular flexibility index (Phi) is 4.07. The van der Waals surface area contributed by atoms with E-state index in [1.807, 2.05) is 0 Å². The molecular formula is C12H16FNO3. The minimum absolute atomic E-state index is 0.0550. The van der Waals surface area contributed by atoms with Crippen LogP contribution < -0.4 is 4.90 Å². The molecule has 0 aromatic heterocycles. The smallest absolute Gasteiger partial charge is 0.339 e. The molecule has 4 nitrogen and oxygen atoms in total. The second kappa shape index (κ2) is 5.14. The normalized spacial score (nSPS) is 13.9. The summed E-state index contributed by atoms with van der Waals surface area (Å²) in [5, 5.41) is 9.87. The maximum absolute atomic E-state index is 13.5. The molecule has 1 aromatic rings. The van der Waals surface area contributed by atoms with Crippen LogP contribution >= 0.6 is 0 Å². The van der Waals surface area contributed by atoms with Crippen molar-refractivity contribution in [2.75, 3.05) is 25.6 Å². The Hall–Kier alpha value is -1.62. The van der Waals surface area contributed by atoms with Crippen LogP contribution in [-0.4, -0.2) is 37.4 Å². The monoisotopic (exact) mass is 241 g/mol. The van der Waals surface area contributed by atoms with Crippen molar-refractivity contribution in [2.24, 2.45) is 0 Å². The topological polar surface area (TPSA) is 49.8 Å². The van der Waals surface area contributed by atoms with E-state index in [0.717, 1.165) is 0 Å². The number of ether oxygens (including phenoxy) is 1. The van der Waals surface area contributed by atoms with Gasteiger partial charge in [-0.25, -0.2) is 9.18 Å². The number of hydrogen-bond donors (Lipinski definition) is 1. The van der Waals surface area contributed by atoms with Crippen LogP contribution in [0.1, 0.15) is 6.92 Å². The van der Waals surface area contributed by atoms with E-state index in [4.69, 9.17) is 0 Å². The van der Waals surface area contributed by atoms with E-state index in [1.165, 1.54) is 25.0 Å². The van der Waals surface area contributed by atoms with Crippen LogP contribution in [0.3, 0.4) is 0 Å². The molecule has 0 spiro atoms. The molecule has 0 radical (unpaired) electrons. The number of esters is 1. The number of anilines is 1. The van der Waals surface area contributed by atoms with Gasteiger partial charge in [0.2, 0.25) is 0 Å². The third kappa shape index (κ3) is 3.17. The number of likely N-dealkylation sites (N-methyl/N-ethyl adjacent to an activating group) is 1. The van der Waals surface area contributed by atoms with Gasteiger partial charge in [0.1, 0.15) is 5.82 Å². The molecule has 0 bridgehead atoms. The van der Waals surface area contributed by atoms with Crippen molar-refractivity contribution < 1.29 is 19.0 Å². The molecule has 0 aliphatic rings. The van der Waals surface area contributed by atoms with E-state index in [0.29, 0.717) is 5.69 Å². The van der Waals surface area contributed by atoms with Crippen molar-refractivity contribution >= 4 is 11.7 Å². The first-order valence-electron chi connectivity index (χ1n) is 5.15. The quantitative estimate of drug-likeness (QED) is 0.804. The largest absolute Gasteiger partial charge is 0.467 e. The summed E-state index contributed by atoms with van der Waals surface area (Å²) in [6, 6.07) is 6.15. The van der Waals surface area contributed by atoms with Crippen LogP contribution in [0.15, 0.2) is 24.3 Å². The Labute approximate surface area is 99.6 Å². The number of para-hydroxylation sites is 1. The average molecular weight is 241 g/mol. The molecule has 0 amide bonds. The first-order valence-corrected chi connectivity index (χ1v) is 5.15. The highest BCUT2D eigenvalue weighted by Crippen LogP contribution is 2.19. The molecule has 0 saturated heterocycles. The zero-order valence-corrected chi connectivity index (χ0v) is 10.1. The second-order valence-electron chi connectivity index (χ2n) is 4.07. The highest BCUT2D eigenvalue weighted by molar-refractivity contribution is 5.79. The van der Waals surface area contributed by atoms with Gasteiger partial charge in [-0.3, -0.25) is 0 Å². The summed E-state index contributed by atoms with van der Waals surface area (Å²) in [6.45, 7) is 1.27. The molecule has 5 heteroatoms. The number of aliphatic hydroxyl groups is 1. The lowest BCUT2D eigenvalue weighted by atomic mass is 10.1. The summed E-state index contributed by atoms with van der Waals surface area (Å²) in [5.74, 6) is -1.16. The number of nitrogens with zero attached hydrogens (tertiary/aromatic N) is 1. The van der Waals surface area contributed by atoms with E-state index in [-0.39, 0.29) is 6.54 Å². The van der Waals surface area contributed by atoms with Gasteiger partial charge in [-0.2, -0.15) is 0 Å². The fourth-order valence-corrected chi connectivity index (χ4v) is 1.59. The number of methoxy groups -OCH3 is 1. The van der Waals surface area contributed by atoms with Gasteiger partial charge in [-0.1, -0.05) is 12.1 Å². The third-order valence-electron chi connectivity index (χ3n) is 2.43. The molecule has 0 aliphatic carbocycles. The predicted molar refractivity (Wildman–Crippen MR) is 62.3 cm³/mol. The summed E-state index contributed by atoms with van der Waals surface area (Å²) < 4.78 is 17.9. The zero-order valence-electron chi connectivity index (χ0n) is 10.1. The Bertz CT molecular complexity index is 406. The Morgan fingerprint density at radius 3 is 2.65 bits per heavy atom. The molecule has 1 atom stereocenters. The van der Waals surface area contributed by atoms with Crippen LogP contribution in [0.2, 0.25) is 0 Å². The first kappa shape index (κ1) is 13.4. The van der Waals surface area contributed by atoms with Gasteiger partial charge in [0.15, 0.2) is 5.60 Å². The number of halogens is 1. The van der Waals surface area contributed by atoms with Crippen molar-refractivity contribution in [3.8, 4) is 0 Å². The lowest BCUT2D eigenvalue weighted by Gasteiger charge is -2.28. The van der Waals surface area contributed by atoms with Gasteiger partial charge in [-0.15, -0.1) is 0 Å². The number of carbonyl (C=O) groups excluding carboxylic acids is 1. The number of rotatable bonds is 4. The Morgan fingerprint density at radius 2 is 2.12 bits per heavy atom. The van der Waals surface area contributed by atoms with Crippen molar-refractivity contribution in [1.82, 2.24) is 0 Å². The summed E-state index contributed by atoms with van der Waals surface area (Å²) in [7, 11) is 2.79. The van der Waals surface area contributed by atoms with Crippen molar-refractivity contribution in [3.05, 3.63) is 30.1 Å². The lowest BCUT2D eigenvalue weighted by Crippen LogP contribution is -2.46. The molecule has 0 fully saturated rings. The summed E-state index contributed by atoms with van der Waals surface area (Å²) in [6.07, 6.45) is 0. The van der Waals surface area contributed by atoms with Crippen molar-refractivity contribution in [1.29, 1.82) is 0 Å². The van der Waals surface area contributed by atoms with Crippen LogP contribution in [-0.2, 0) is 9.53 Å². The van der Waals surface area contributed by atoms with E-state index in [1.54, 1.807) is 25.2 Å². The van der Waals surface area contributed by atoms with Gasteiger partial charge in [0, 0.05) is 7.05 Å². The maximum Gasteiger partial charge on any atom is 0.339 e. The lowest BCUT2D eigenvalue weighted by molar-refractivity contribution is -0.159. The van der Waals surface area contributed by atoms with Gasteiger partial charge in [0.25, 0.3) is 0 Å². The highest BCUT2D eigenvalue weighted by Gasteiger charge is 2.33. The minimum atomic E-state index is -1.67. The minimum Gasteiger partial charge on any atom is -0.467 e. The standard InChI is InChI=1S/C12H16FNO3/c1-12(16,11(15)17-3)8-14(2)10-7-5-4-6-9(10)13/h4-7,16H,8H2,1-3H3. The van der Waals surface area contributed by atoms with Gasteiger partial charge < -0.3 is 14.7 Å². The van der Waals surface area contributed by atoms with E-state index in [9.17, 15) is 14.3 Å². The predicted octanol–water partition coefficient (Wildman–Crippen LogP) is 1.19. The fraction of sp³-hybridized carbons (Fsp3) is 0.417. The second-order valence-corrected chi connectivity index (χ2v) is 4.07. The molecule has 0 saturated carbocycles. The Morgan fingerprint density at radius 1 is 1.53 bits per heavy atom. The SMILES string of the molecule is COC(=O)C(C)(O)CN(C)c1ccccc1F. The van der Waals surface area contributed by atoms with Gasteiger partial charge in [0.05, 0.1) is 19.3 Å². The molecular weight excluding hydrogens is 225 g/mol. The maximum atomic E-state index is 13.5. The van der Waals surface area contributed by atoms with Crippen LogP contribution in [0.5, 0.6) is 0 Å². The molecule has 1 rings (SSSR count). The number of hydrogen-bond acceptors (Lipinski definition) is 4. The number of carbonyl (C=O) groups is 1. The molecule has 17 heavy (non-hydrogen) atoms. The van der Waals surface area contributed by atoms with Gasteiger partial charge in [-0.05, 0) is 19.1 Å². The van der Waals surface area contributed by atoms with E-state index >= 15 is 0 Å². The molecule has 94 valence electrons. The van der Waals surface area contributed by atoms with Crippen molar-refractivity contribution in [3.63, 3.8) is 0 Å². The summed E-state index contributed by atoms with van der Waals surface area (Å²) in [4.78, 5) is 12.8. The molecule has 1 N–H and O–H groups in total. The number of benzene rings is 1. The molecule has 1 aromatic carbocycles. The third-order valence-corrected chi connectivity index (χ3v) is 2.43. The van der Waals surface area contributed by atoms with Gasteiger partial charge >= 0.3 is 5.97 Å². The molecule has 1 unspecified atom stereocenters. The summed E-state index contributed by atoms with van der Waals surface area (Å²) in [5.41, 5.74) is -1.36. The average Bonchev–Trinajstić information content (AvgIpc) is 2.27. The Balaban J connectivity index is 2.83. The van der Waals surface area contributed by atoms with Crippen LogP contribution in [0, 0.1) is 5.82 Å². The fourth-order valence-electron chi connectivity index (χ4n) is 1.59. The summed E-state index contributed by atoms with van der Waals surface area (Å²) >= 11 is 0. The van der Waals surface area contributed by atoms with Crippen LogP contribution in [0.25, 0.3) is 0 Å². The zero-order chi connectivity index (χ0) is 13.1. The molecule has 0 aliphatic heterocycles. The molecule has 0 heterocycles. The first-order chi connectivity index (χ1) is 7.88. The van der Waals surface area contributed by atoms with Crippen molar-refractivity contribution in [2.45, 2.75) is 12.5 Å².